The van der Waals surface area contributed by atoms with E-state index in [0.29, 0.717) is 5.15 Å². The Hall–Kier alpha value is -1.19. The number of aromatic nitrogens is 2. The predicted octanol–water partition coefficient (Wildman–Crippen LogP) is 4.87. The third kappa shape index (κ3) is 3.65. The summed E-state index contributed by atoms with van der Waals surface area (Å²) in [7, 11) is 0. The lowest BCUT2D eigenvalue weighted by molar-refractivity contribution is 0.675. The molecule has 0 aliphatic carbocycles. The van der Waals surface area contributed by atoms with Crippen molar-refractivity contribution in [3.8, 4) is 0 Å². The van der Waals surface area contributed by atoms with Crippen LogP contribution in [0.1, 0.15) is 31.2 Å². The molecule has 0 radical (unpaired) electrons. The zero-order chi connectivity index (χ0) is 13.9. The minimum atomic E-state index is -0.690. The number of nitrogens with zero attached hydrogens (tertiary/aromatic N) is 2. The molecule has 1 aromatic heterocycles. The molecule has 1 aromatic rings. The minimum Gasteiger partial charge on any atom is -0.236 e. The highest BCUT2D eigenvalue weighted by Gasteiger charge is 2.13. The molecule has 0 unspecified atom stereocenters. The molecule has 0 saturated heterocycles. The van der Waals surface area contributed by atoms with Crippen LogP contribution in [0.2, 0.25) is 5.15 Å². The maximum absolute atomic E-state index is 13.3. The van der Waals surface area contributed by atoms with E-state index in [0.717, 1.165) is 5.56 Å². The smallest absolute Gasteiger partial charge is 0.163 e. The Morgan fingerprint density at radius 1 is 1.44 bits per heavy atom. The molecule has 1 rings (SSSR count). The second kappa shape index (κ2) is 6.12. The normalized spacial score (nSPS) is 11.8. The second-order valence-corrected chi connectivity index (χ2v) is 4.85. The van der Waals surface area contributed by atoms with E-state index in [1.54, 1.807) is 6.20 Å². The maximum Gasteiger partial charge on any atom is 0.163 e. The number of hydrogen-bond donors (Lipinski definition) is 0. The lowest BCUT2D eigenvalue weighted by Crippen LogP contribution is -2.00. The quantitative estimate of drug-likeness (QED) is 0.583. The summed E-state index contributed by atoms with van der Waals surface area (Å²) in [6.07, 6.45) is 2.88. The van der Waals surface area contributed by atoms with Gasteiger partial charge in [-0.3, -0.25) is 0 Å². The van der Waals surface area contributed by atoms with Crippen LogP contribution in [0.25, 0.3) is 5.57 Å². The van der Waals surface area contributed by atoms with E-state index < -0.39 is 5.83 Å². The van der Waals surface area contributed by atoms with E-state index >= 15 is 0 Å². The number of rotatable bonds is 4. The van der Waals surface area contributed by atoms with Gasteiger partial charge in [0.25, 0.3) is 0 Å². The van der Waals surface area contributed by atoms with Crippen molar-refractivity contribution in [1.82, 2.24) is 9.97 Å². The topological polar surface area (TPSA) is 25.8 Å². The molecule has 96 valence electrons. The summed E-state index contributed by atoms with van der Waals surface area (Å²) >= 11 is 11.6. The first-order chi connectivity index (χ1) is 8.32. The van der Waals surface area contributed by atoms with Crippen LogP contribution in [0.5, 0.6) is 0 Å². The molecule has 0 amide bonds. The van der Waals surface area contributed by atoms with Crippen molar-refractivity contribution in [2.75, 3.05) is 0 Å². The van der Waals surface area contributed by atoms with Crippen molar-refractivity contribution < 1.29 is 4.39 Å². The average molecular weight is 287 g/mol. The van der Waals surface area contributed by atoms with Gasteiger partial charge in [-0.2, -0.15) is 0 Å². The molecule has 0 atom stereocenters. The largest absolute Gasteiger partial charge is 0.236 e. The highest BCUT2D eigenvalue weighted by molar-refractivity contribution is 6.31. The minimum absolute atomic E-state index is 0.0761. The maximum atomic E-state index is 13.3. The molecule has 0 aromatic carbocycles. The van der Waals surface area contributed by atoms with Gasteiger partial charge >= 0.3 is 0 Å². The van der Waals surface area contributed by atoms with Gasteiger partial charge < -0.3 is 0 Å². The van der Waals surface area contributed by atoms with Crippen LogP contribution in [-0.4, -0.2) is 9.97 Å². The standard InChI is InChI=1S/C13H13Cl2FN2/c1-7(2)11-6-17-13(18-12(11)15)10(9(4)16)5-8(3)14/h5-7H,3-4H2,1-2H3/b10-5+. The zero-order valence-electron chi connectivity index (χ0n) is 10.2. The Kier molecular flexibility index (Phi) is 5.05. The molecule has 5 heteroatoms. The molecule has 0 saturated carbocycles. The SMILES string of the molecule is C=C(Cl)/C=C(\C(=C)F)c1ncc(C(C)C)c(Cl)n1. The highest BCUT2D eigenvalue weighted by Crippen LogP contribution is 2.26. The Morgan fingerprint density at radius 2 is 2.06 bits per heavy atom. The Bertz CT molecular complexity index is 522. The van der Waals surface area contributed by atoms with Gasteiger partial charge in [-0.05, 0) is 12.0 Å². The second-order valence-electron chi connectivity index (χ2n) is 4.00. The van der Waals surface area contributed by atoms with Crippen molar-refractivity contribution in [3.63, 3.8) is 0 Å². The van der Waals surface area contributed by atoms with Gasteiger partial charge in [0.05, 0.1) is 5.57 Å². The van der Waals surface area contributed by atoms with E-state index in [4.69, 9.17) is 23.2 Å². The van der Waals surface area contributed by atoms with Gasteiger partial charge in [0.1, 0.15) is 11.0 Å². The van der Waals surface area contributed by atoms with Crippen LogP contribution >= 0.6 is 23.2 Å². The Morgan fingerprint density at radius 3 is 2.44 bits per heavy atom. The summed E-state index contributed by atoms with van der Waals surface area (Å²) < 4.78 is 13.3. The fourth-order valence-electron chi connectivity index (χ4n) is 1.31. The van der Waals surface area contributed by atoms with Gasteiger partial charge in [-0.15, -0.1) is 0 Å². The van der Waals surface area contributed by atoms with Crippen molar-refractivity contribution in [3.05, 3.63) is 52.8 Å². The Labute approximate surface area is 116 Å². The van der Waals surface area contributed by atoms with Crippen LogP contribution in [0.15, 0.2) is 36.3 Å². The van der Waals surface area contributed by atoms with Gasteiger partial charge in [0.15, 0.2) is 5.82 Å². The summed E-state index contributed by atoms with van der Waals surface area (Å²) in [6.45, 7) is 10.6. The van der Waals surface area contributed by atoms with Gasteiger partial charge in [0.2, 0.25) is 0 Å². The Balaban J connectivity index is 3.28. The van der Waals surface area contributed by atoms with E-state index in [1.165, 1.54) is 6.08 Å². The predicted molar refractivity (Wildman–Crippen MR) is 74.3 cm³/mol. The highest BCUT2D eigenvalue weighted by atomic mass is 35.5. The third-order valence-electron chi connectivity index (χ3n) is 2.22. The summed E-state index contributed by atoms with van der Waals surface area (Å²) in [5, 5.41) is 0.457. The van der Waals surface area contributed by atoms with Crippen molar-refractivity contribution in [2.24, 2.45) is 0 Å². The van der Waals surface area contributed by atoms with Crippen LogP contribution in [0.4, 0.5) is 4.39 Å². The molecule has 2 nitrogen and oxygen atoms in total. The van der Waals surface area contributed by atoms with Crippen LogP contribution < -0.4 is 0 Å². The van der Waals surface area contributed by atoms with Crippen LogP contribution in [-0.2, 0) is 0 Å². The lowest BCUT2D eigenvalue weighted by atomic mass is 10.1. The van der Waals surface area contributed by atoms with Crippen LogP contribution in [0, 0.1) is 0 Å². The van der Waals surface area contributed by atoms with E-state index in [9.17, 15) is 4.39 Å². The number of hydrogen-bond acceptors (Lipinski definition) is 2. The van der Waals surface area contributed by atoms with Crippen molar-refractivity contribution >= 4 is 28.8 Å². The van der Waals surface area contributed by atoms with Gasteiger partial charge in [-0.1, -0.05) is 50.2 Å². The third-order valence-corrected chi connectivity index (χ3v) is 2.64. The fourth-order valence-corrected chi connectivity index (χ4v) is 1.76. The first kappa shape index (κ1) is 14.9. The summed E-state index contributed by atoms with van der Waals surface area (Å²) in [5.41, 5.74) is 0.876. The van der Waals surface area contributed by atoms with Crippen LogP contribution in [0.3, 0.4) is 0 Å². The fraction of sp³-hybridized carbons (Fsp3) is 0.231. The average Bonchev–Trinajstić information content (AvgIpc) is 2.24. The molecule has 18 heavy (non-hydrogen) atoms. The lowest BCUT2D eigenvalue weighted by Gasteiger charge is -2.09. The summed E-state index contributed by atoms with van der Waals surface area (Å²) in [4.78, 5) is 8.13. The van der Waals surface area contributed by atoms with Crippen molar-refractivity contribution in [1.29, 1.82) is 0 Å². The molecule has 1 heterocycles. The number of halogens is 3. The molecule has 0 N–H and O–H groups in total. The van der Waals surface area contributed by atoms with E-state index in [2.05, 4.69) is 23.1 Å². The first-order valence-corrected chi connectivity index (χ1v) is 6.02. The van der Waals surface area contributed by atoms with Crippen molar-refractivity contribution in [2.45, 2.75) is 19.8 Å². The van der Waals surface area contributed by atoms with E-state index in [-0.39, 0.29) is 22.3 Å². The zero-order valence-corrected chi connectivity index (χ0v) is 11.7. The molecule has 0 bridgehead atoms. The summed E-state index contributed by atoms with van der Waals surface area (Å²) in [6, 6.07) is 0. The molecule has 0 spiro atoms. The molecule has 0 aliphatic heterocycles. The molecular weight excluding hydrogens is 274 g/mol. The van der Waals surface area contributed by atoms with E-state index in [1.807, 2.05) is 13.8 Å². The summed E-state index contributed by atoms with van der Waals surface area (Å²) in [5.74, 6) is -0.362. The van der Waals surface area contributed by atoms with Gasteiger partial charge in [0, 0.05) is 16.8 Å². The first-order valence-electron chi connectivity index (χ1n) is 5.26. The molecule has 0 aliphatic rings. The molecular formula is C13H13Cl2FN2. The monoisotopic (exact) mass is 286 g/mol. The molecule has 0 fully saturated rings. The van der Waals surface area contributed by atoms with Gasteiger partial charge in [-0.25, -0.2) is 14.4 Å². The number of allylic oxidation sites excluding steroid dienone is 4.